The maximum Gasteiger partial charge on any atom is 0.230 e. The predicted molar refractivity (Wildman–Crippen MR) is 75.8 cm³/mol. The second-order valence-corrected chi connectivity index (χ2v) is 6.02. The molecule has 0 aliphatic rings. The van der Waals surface area contributed by atoms with E-state index in [0.717, 1.165) is 5.56 Å². The van der Waals surface area contributed by atoms with Crippen LogP contribution < -0.4 is 5.32 Å². The van der Waals surface area contributed by atoms with E-state index in [1.807, 2.05) is 36.6 Å². The van der Waals surface area contributed by atoms with Gasteiger partial charge >= 0.3 is 0 Å². The van der Waals surface area contributed by atoms with Crippen LogP contribution in [0.2, 0.25) is 0 Å². The number of rotatable bonds is 5. The van der Waals surface area contributed by atoms with Crippen LogP contribution in [0.3, 0.4) is 0 Å². The van der Waals surface area contributed by atoms with Gasteiger partial charge < -0.3 is 5.32 Å². The van der Waals surface area contributed by atoms with Crippen molar-refractivity contribution < 1.29 is 4.79 Å². The van der Waals surface area contributed by atoms with Gasteiger partial charge in [0.05, 0.1) is 16.0 Å². The number of nitrogens with one attached hydrogen (secondary N) is 1. The molecular weight excluding hydrogens is 264 g/mol. The average Bonchev–Trinajstić information content (AvgIpc) is 2.90. The first kappa shape index (κ1) is 13.1. The van der Waals surface area contributed by atoms with E-state index in [-0.39, 0.29) is 11.9 Å². The number of pyridine rings is 1. The molecule has 0 aliphatic heterocycles. The second kappa shape index (κ2) is 6.56. The molecule has 0 radical (unpaired) electrons. The molecular formula is C13H14N2OS2. The summed E-state index contributed by atoms with van der Waals surface area (Å²) in [5.41, 5.74) is 1.02. The van der Waals surface area contributed by atoms with Gasteiger partial charge in [-0.3, -0.25) is 9.78 Å². The van der Waals surface area contributed by atoms with Gasteiger partial charge in [0.25, 0.3) is 0 Å². The van der Waals surface area contributed by atoms with Crippen LogP contribution in [0.4, 0.5) is 0 Å². The van der Waals surface area contributed by atoms with E-state index in [0.29, 0.717) is 5.75 Å². The smallest absolute Gasteiger partial charge is 0.230 e. The van der Waals surface area contributed by atoms with Gasteiger partial charge in [-0.1, -0.05) is 12.1 Å². The van der Waals surface area contributed by atoms with E-state index in [4.69, 9.17) is 0 Å². The zero-order chi connectivity index (χ0) is 12.8. The standard InChI is InChI=1S/C13H14N2OS2/c1-10(11-4-2-6-14-8-11)15-12(16)9-18-13-5-3-7-17-13/h2-8,10H,9H2,1H3,(H,15,16)/t10-/m1/s1. The van der Waals surface area contributed by atoms with Gasteiger partial charge in [-0.05, 0) is 30.0 Å². The lowest BCUT2D eigenvalue weighted by molar-refractivity contribution is -0.119. The first-order chi connectivity index (χ1) is 8.75. The van der Waals surface area contributed by atoms with E-state index >= 15 is 0 Å². The Balaban J connectivity index is 1.80. The van der Waals surface area contributed by atoms with Crippen molar-refractivity contribution in [2.45, 2.75) is 17.2 Å². The zero-order valence-corrected chi connectivity index (χ0v) is 11.6. The van der Waals surface area contributed by atoms with Gasteiger partial charge in [0, 0.05) is 12.4 Å². The van der Waals surface area contributed by atoms with Gasteiger partial charge in [0.2, 0.25) is 5.91 Å². The van der Waals surface area contributed by atoms with Gasteiger partial charge in [-0.25, -0.2) is 0 Å². The fourth-order valence-electron chi connectivity index (χ4n) is 1.48. The van der Waals surface area contributed by atoms with E-state index in [1.165, 1.54) is 4.21 Å². The highest BCUT2D eigenvalue weighted by Gasteiger charge is 2.09. The van der Waals surface area contributed by atoms with Gasteiger partial charge in [-0.2, -0.15) is 0 Å². The molecule has 1 N–H and O–H groups in total. The minimum absolute atomic E-state index is 0.00450. The van der Waals surface area contributed by atoms with Gasteiger partial charge in [0.1, 0.15) is 0 Å². The van der Waals surface area contributed by atoms with E-state index < -0.39 is 0 Å². The Morgan fingerprint density at radius 1 is 1.50 bits per heavy atom. The number of amides is 1. The Bertz CT molecular complexity index is 485. The summed E-state index contributed by atoms with van der Waals surface area (Å²) >= 11 is 3.22. The number of thioether (sulfide) groups is 1. The summed E-state index contributed by atoms with van der Waals surface area (Å²) < 4.78 is 1.17. The molecule has 2 rings (SSSR count). The summed E-state index contributed by atoms with van der Waals surface area (Å²) in [6.07, 6.45) is 3.50. The number of aromatic nitrogens is 1. The van der Waals surface area contributed by atoms with Crippen molar-refractivity contribution in [3.05, 3.63) is 47.6 Å². The molecule has 0 unspecified atom stereocenters. The van der Waals surface area contributed by atoms with Crippen LogP contribution in [0.1, 0.15) is 18.5 Å². The Kier molecular flexibility index (Phi) is 4.78. The summed E-state index contributed by atoms with van der Waals surface area (Å²) in [4.78, 5) is 15.8. The summed E-state index contributed by atoms with van der Waals surface area (Å²) in [6, 6.07) is 7.84. The van der Waals surface area contributed by atoms with Crippen LogP contribution in [0.15, 0.2) is 46.2 Å². The first-order valence-corrected chi connectivity index (χ1v) is 7.48. The van der Waals surface area contributed by atoms with Crippen molar-refractivity contribution in [2.24, 2.45) is 0 Å². The molecule has 1 atom stereocenters. The molecule has 2 heterocycles. The minimum Gasteiger partial charge on any atom is -0.349 e. The molecule has 0 saturated heterocycles. The third-order valence-corrected chi connectivity index (χ3v) is 4.53. The third kappa shape index (κ3) is 3.85. The van der Waals surface area contributed by atoms with Crippen LogP contribution in [-0.2, 0) is 4.79 Å². The van der Waals surface area contributed by atoms with Crippen LogP contribution in [-0.4, -0.2) is 16.6 Å². The van der Waals surface area contributed by atoms with Crippen molar-refractivity contribution in [2.75, 3.05) is 5.75 Å². The average molecular weight is 278 g/mol. The summed E-state index contributed by atoms with van der Waals surface area (Å²) in [7, 11) is 0. The zero-order valence-electron chi connectivity index (χ0n) is 10.00. The Labute approximate surface area is 115 Å². The van der Waals surface area contributed by atoms with Gasteiger partial charge in [0.15, 0.2) is 0 Å². The van der Waals surface area contributed by atoms with E-state index in [2.05, 4.69) is 10.3 Å². The predicted octanol–water partition coefficient (Wildman–Crippen LogP) is 3.11. The van der Waals surface area contributed by atoms with Crippen molar-refractivity contribution >= 4 is 29.0 Å². The molecule has 5 heteroatoms. The van der Waals surface area contributed by atoms with E-state index in [1.54, 1.807) is 35.5 Å². The molecule has 0 aromatic carbocycles. The monoisotopic (exact) mass is 278 g/mol. The highest BCUT2D eigenvalue weighted by atomic mass is 32.2. The summed E-state index contributed by atoms with van der Waals surface area (Å²) in [5, 5.41) is 4.98. The van der Waals surface area contributed by atoms with Crippen molar-refractivity contribution in [1.82, 2.24) is 10.3 Å². The Hall–Kier alpha value is -1.33. The third-order valence-electron chi connectivity index (χ3n) is 2.40. The number of thiophene rings is 1. The maximum absolute atomic E-state index is 11.8. The highest BCUT2D eigenvalue weighted by Crippen LogP contribution is 2.23. The molecule has 18 heavy (non-hydrogen) atoms. The number of hydrogen-bond acceptors (Lipinski definition) is 4. The lowest BCUT2D eigenvalue weighted by Gasteiger charge is -2.13. The Morgan fingerprint density at radius 3 is 3.06 bits per heavy atom. The van der Waals surface area contributed by atoms with Crippen LogP contribution in [0.25, 0.3) is 0 Å². The molecule has 0 aliphatic carbocycles. The first-order valence-electron chi connectivity index (χ1n) is 5.61. The Morgan fingerprint density at radius 2 is 2.39 bits per heavy atom. The molecule has 0 saturated carbocycles. The van der Waals surface area contributed by atoms with Crippen molar-refractivity contribution in [1.29, 1.82) is 0 Å². The van der Waals surface area contributed by atoms with Crippen molar-refractivity contribution in [3.63, 3.8) is 0 Å². The van der Waals surface area contributed by atoms with Crippen LogP contribution >= 0.6 is 23.1 Å². The number of carbonyl (C=O) groups excluding carboxylic acids is 1. The summed E-state index contributed by atoms with van der Waals surface area (Å²) in [6.45, 7) is 1.96. The van der Waals surface area contributed by atoms with Crippen LogP contribution in [0.5, 0.6) is 0 Å². The number of carbonyl (C=O) groups is 1. The van der Waals surface area contributed by atoms with Crippen LogP contribution in [0, 0.1) is 0 Å². The van der Waals surface area contributed by atoms with Crippen molar-refractivity contribution in [3.8, 4) is 0 Å². The molecule has 3 nitrogen and oxygen atoms in total. The lowest BCUT2D eigenvalue weighted by atomic mass is 10.1. The molecule has 0 fully saturated rings. The number of hydrogen-bond donors (Lipinski definition) is 1. The molecule has 0 bridgehead atoms. The molecule has 94 valence electrons. The van der Waals surface area contributed by atoms with Gasteiger partial charge in [-0.15, -0.1) is 23.1 Å². The highest BCUT2D eigenvalue weighted by molar-refractivity contribution is 8.01. The molecule has 1 amide bonds. The topological polar surface area (TPSA) is 42.0 Å². The fourth-order valence-corrected chi connectivity index (χ4v) is 3.08. The van der Waals surface area contributed by atoms with E-state index in [9.17, 15) is 4.79 Å². The normalized spacial score (nSPS) is 12.1. The molecule has 0 spiro atoms. The largest absolute Gasteiger partial charge is 0.349 e. The minimum atomic E-state index is -0.00450. The quantitative estimate of drug-likeness (QED) is 0.854. The molecule has 2 aromatic rings. The second-order valence-electron chi connectivity index (χ2n) is 3.80. The molecule has 2 aromatic heterocycles. The fraction of sp³-hybridized carbons (Fsp3) is 0.231. The SMILES string of the molecule is C[C@@H](NC(=O)CSc1cccs1)c1cccnc1. The maximum atomic E-state index is 11.8. The summed E-state index contributed by atoms with van der Waals surface area (Å²) in [5.74, 6) is 0.496. The lowest BCUT2D eigenvalue weighted by Crippen LogP contribution is -2.28. The number of nitrogens with zero attached hydrogens (tertiary/aromatic N) is 1.